The average molecular weight is 262 g/mol. The number of carbonyl (C=O) groups is 1. The molecule has 100 valence electrons. The summed E-state index contributed by atoms with van der Waals surface area (Å²) in [6.45, 7) is 2.33. The van der Waals surface area contributed by atoms with Crippen LogP contribution in [-0.2, 0) is 22.7 Å². The SMILES string of the molecule is O=C(O)c1cc2c(nc1N1C[C@H]3C[C@@H]1CO3)COC2. The molecule has 0 aliphatic carbocycles. The van der Waals surface area contributed by atoms with E-state index >= 15 is 0 Å². The molecule has 0 aromatic carbocycles. The van der Waals surface area contributed by atoms with Gasteiger partial charge in [-0.1, -0.05) is 0 Å². The zero-order chi connectivity index (χ0) is 13.0. The van der Waals surface area contributed by atoms with Crippen LogP contribution in [0.2, 0.25) is 0 Å². The van der Waals surface area contributed by atoms with Crippen LogP contribution in [0.3, 0.4) is 0 Å². The number of ether oxygens (including phenoxy) is 2. The van der Waals surface area contributed by atoms with Gasteiger partial charge in [-0.15, -0.1) is 0 Å². The van der Waals surface area contributed by atoms with Gasteiger partial charge in [0.2, 0.25) is 0 Å². The first kappa shape index (κ1) is 11.2. The summed E-state index contributed by atoms with van der Waals surface area (Å²) in [5.41, 5.74) is 2.03. The second-order valence-corrected chi connectivity index (χ2v) is 5.26. The molecule has 2 atom stereocenters. The molecule has 1 N–H and O–H groups in total. The molecule has 3 aliphatic heterocycles. The Balaban J connectivity index is 1.80. The highest BCUT2D eigenvalue weighted by molar-refractivity contribution is 5.94. The van der Waals surface area contributed by atoms with Crippen LogP contribution in [0.15, 0.2) is 6.07 Å². The van der Waals surface area contributed by atoms with E-state index in [1.807, 2.05) is 0 Å². The number of hydrogen-bond acceptors (Lipinski definition) is 5. The fraction of sp³-hybridized carbons (Fsp3) is 0.538. The molecular weight excluding hydrogens is 248 g/mol. The normalized spacial score (nSPS) is 27.9. The molecular formula is C13H14N2O4. The van der Waals surface area contributed by atoms with Crippen LogP contribution >= 0.6 is 0 Å². The van der Waals surface area contributed by atoms with Gasteiger partial charge < -0.3 is 19.5 Å². The fourth-order valence-corrected chi connectivity index (χ4v) is 3.12. The lowest BCUT2D eigenvalue weighted by Gasteiger charge is -2.29. The Morgan fingerprint density at radius 1 is 1.47 bits per heavy atom. The number of rotatable bonds is 2. The fourth-order valence-electron chi connectivity index (χ4n) is 3.12. The number of fused-ring (bicyclic) bond motifs is 3. The predicted octanol–water partition coefficient (Wildman–Crippen LogP) is 0.788. The van der Waals surface area contributed by atoms with Gasteiger partial charge in [-0.3, -0.25) is 0 Å². The predicted molar refractivity (Wildman–Crippen MR) is 65.2 cm³/mol. The van der Waals surface area contributed by atoms with Crippen LogP contribution in [0.4, 0.5) is 5.82 Å². The summed E-state index contributed by atoms with van der Waals surface area (Å²) in [7, 11) is 0. The third-order valence-corrected chi connectivity index (χ3v) is 4.07. The van der Waals surface area contributed by atoms with Crippen molar-refractivity contribution in [3.05, 3.63) is 22.9 Å². The number of nitrogens with zero attached hydrogens (tertiary/aromatic N) is 2. The Kier molecular flexibility index (Phi) is 2.31. The minimum atomic E-state index is -0.930. The molecule has 2 fully saturated rings. The van der Waals surface area contributed by atoms with Crippen molar-refractivity contribution in [2.45, 2.75) is 31.8 Å². The Morgan fingerprint density at radius 3 is 3.05 bits per heavy atom. The summed E-state index contributed by atoms with van der Waals surface area (Å²) in [5, 5.41) is 9.39. The zero-order valence-electron chi connectivity index (χ0n) is 10.3. The van der Waals surface area contributed by atoms with Crippen LogP contribution in [0.1, 0.15) is 28.0 Å². The van der Waals surface area contributed by atoms with E-state index in [9.17, 15) is 9.90 Å². The molecule has 1 aromatic heterocycles. The number of carboxylic acid groups (broad SMARTS) is 1. The molecule has 6 nitrogen and oxygen atoms in total. The van der Waals surface area contributed by atoms with E-state index in [-0.39, 0.29) is 17.7 Å². The van der Waals surface area contributed by atoms with E-state index in [1.54, 1.807) is 6.07 Å². The number of hydrogen-bond donors (Lipinski definition) is 1. The lowest BCUT2D eigenvalue weighted by atomic mass is 10.1. The van der Waals surface area contributed by atoms with E-state index in [0.717, 1.165) is 24.2 Å². The van der Waals surface area contributed by atoms with Gasteiger partial charge in [-0.2, -0.15) is 0 Å². The van der Waals surface area contributed by atoms with Crippen molar-refractivity contribution in [3.8, 4) is 0 Å². The molecule has 0 spiro atoms. The molecule has 0 unspecified atom stereocenters. The standard InChI is InChI=1S/C13H14N2O4/c16-13(17)10-1-7-4-18-6-11(7)14-12(10)15-3-9-2-8(15)5-19-9/h1,8-9H,2-6H2,(H,16,17)/t8-,9-/m1/s1. The van der Waals surface area contributed by atoms with Gasteiger partial charge in [0, 0.05) is 12.1 Å². The Labute approximate surface area is 109 Å². The Bertz CT molecular complexity index is 560. The quantitative estimate of drug-likeness (QED) is 0.849. The molecule has 6 heteroatoms. The molecule has 4 rings (SSSR count). The van der Waals surface area contributed by atoms with Crippen LogP contribution in [0, 0.1) is 0 Å². The van der Waals surface area contributed by atoms with Gasteiger partial charge in [0.25, 0.3) is 0 Å². The van der Waals surface area contributed by atoms with Crippen LogP contribution in [-0.4, -0.2) is 41.4 Å². The second-order valence-electron chi connectivity index (χ2n) is 5.26. The number of anilines is 1. The zero-order valence-corrected chi connectivity index (χ0v) is 10.3. The van der Waals surface area contributed by atoms with E-state index in [2.05, 4.69) is 9.88 Å². The van der Waals surface area contributed by atoms with Crippen molar-refractivity contribution in [2.75, 3.05) is 18.1 Å². The third-order valence-electron chi connectivity index (χ3n) is 4.07. The number of carboxylic acids is 1. The summed E-state index contributed by atoms with van der Waals surface area (Å²) in [6, 6.07) is 1.97. The van der Waals surface area contributed by atoms with E-state index in [1.165, 1.54) is 0 Å². The highest BCUT2D eigenvalue weighted by atomic mass is 16.5. The molecule has 0 saturated carbocycles. The minimum absolute atomic E-state index is 0.220. The van der Waals surface area contributed by atoms with Gasteiger partial charge in [0.05, 0.1) is 37.7 Å². The highest BCUT2D eigenvalue weighted by Gasteiger charge is 2.41. The number of pyridine rings is 1. The van der Waals surface area contributed by atoms with Gasteiger partial charge >= 0.3 is 5.97 Å². The summed E-state index contributed by atoms with van der Waals surface area (Å²) < 4.78 is 10.9. The molecule has 2 bridgehead atoms. The smallest absolute Gasteiger partial charge is 0.339 e. The van der Waals surface area contributed by atoms with Gasteiger partial charge in [0.15, 0.2) is 0 Å². The first-order valence-electron chi connectivity index (χ1n) is 6.44. The first-order chi connectivity index (χ1) is 9.22. The monoisotopic (exact) mass is 262 g/mol. The summed E-state index contributed by atoms with van der Waals surface area (Å²) in [5.74, 6) is -0.353. The van der Waals surface area contributed by atoms with Crippen LogP contribution < -0.4 is 4.90 Å². The third kappa shape index (κ3) is 1.63. The van der Waals surface area contributed by atoms with Crippen LogP contribution in [0.25, 0.3) is 0 Å². The summed E-state index contributed by atoms with van der Waals surface area (Å²) >= 11 is 0. The summed E-state index contributed by atoms with van der Waals surface area (Å²) in [4.78, 5) is 18.1. The molecule has 1 aromatic rings. The molecule has 3 aliphatic rings. The maximum atomic E-state index is 11.4. The Morgan fingerprint density at radius 2 is 2.37 bits per heavy atom. The van der Waals surface area contributed by atoms with Gasteiger partial charge in [0.1, 0.15) is 11.4 Å². The maximum absolute atomic E-state index is 11.4. The van der Waals surface area contributed by atoms with Gasteiger partial charge in [-0.25, -0.2) is 9.78 Å². The van der Waals surface area contributed by atoms with Crippen molar-refractivity contribution >= 4 is 11.8 Å². The van der Waals surface area contributed by atoms with Crippen molar-refractivity contribution in [1.29, 1.82) is 0 Å². The molecule has 2 saturated heterocycles. The van der Waals surface area contributed by atoms with E-state index in [4.69, 9.17) is 9.47 Å². The largest absolute Gasteiger partial charge is 0.478 e. The van der Waals surface area contributed by atoms with Crippen LogP contribution in [0.5, 0.6) is 0 Å². The molecule has 0 radical (unpaired) electrons. The number of aromatic nitrogens is 1. The van der Waals surface area contributed by atoms with Crippen molar-refractivity contribution in [3.63, 3.8) is 0 Å². The number of morpholine rings is 1. The van der Waals surface area contributed by atoms with E-state index in [0.29, 0.717) is 25.6 Å². The van der Waals surface area contributed by atoms with Crippen molar-refractivity contribution in [2.24, 2.45) is 0 Å². The lowest BCUT2D eigenvalue weighted by molar-refractivity contribution is 0.0695. The van der Waals surface area contributed by atoms with Gasteiger partial charge in [-0.05, 0) is 12.5 Å². The first-order valence-corrected chi connectivity index (χ1v) is 6.44. The number of aromatic carboxylic acids is 1. The highest BCUT2D eigenvalue weighted by Crippen LogP contribution is 2.35. The minimum Gasteiger partial charge on any atom is -0.478 e. The molecule has 4 heterocycles. The van der Waals surface area contributed by atoms with Crippen molar-refractivity contribution in [1.82, 2.24) is 4.98 Å². The lowest BCUT2D eigenvalue weighted by Crippen LogP contribution is -2.38. The average Bonchev–Trinajstić information content (AvgIpc) is 3.12. The topological polar surface area (TPSA) is 71.9 Å². The second kappa shape index (κ2) is 3.91. The van der Waals surface area contributed by atoms with E-state index < -0.39 is 5.97 Å². The Hall–Kier alpha value is -1.66. The van der Waals surface area contributed by atoms with Crippen molar-refractivity contribution < 1.29 is 19.4 Å². The molecule has 0 amide bonds. The summed E-state index contributed by atoms with van der Waals surface area (Å²) in [6.07, 6.45) is 1.19. The maximum Gasteiger partial charge on any atom is 0.339 e. The molecule has 19 heavy (non-hydrogen) atoms.